The van der Waals surface area contributed by atoms with E-state index in [9.17, 15) is 4.79 Å². The third-order valence-corrected chi connectivity index (χ3v) is 4.50. The highest BCUT2D eigenvalue weighted by atomic mass is 35.5. The Hall–Kier alpha value is -3.05. The molecular weight excluding hydrogens is 350 g/mol. The monoisotopic (exact) mass is 365 g/mol. The van der Waals surface area contributed by atoms with Crippen molar-refractivity contribution in [2.24, 2.45) is 0 Å². The van der Waals surface area contributed by atoms with E-state index in [1.807, 2.05) is 48.5 Å². The summed E-state index contributed by atoms with van der Waals surface area (Å²) in [7, 11) is 1.73. The molecule has 2 heterocycles. The summed E-state index contributed by atoms with van der Waals surface area (Å²) in [6.07, 6.45) is 1.56. The summed E-state index contributed by atoms with van der Waals surface area (Å²) in [5.41, 5.74) is 3.19. The molecule has 0 aliphatic rings. The number of halogens is 1. The average Bonchev–Trinajstić information content (AvgIpc) is 3.29. The van der Waals surface area contributed by atoms with Crippen LogP contribution in [0.1, 0.15) is 16.2 Å². The Morgan fingerprint density at radius 3 is 2.73 bits per heavy atom. The Morgan fingerprint density at radius 2 is 2.00 bits per heavy atom. The molecule has 2 aromatic heterocycles. The normalized spacial score (nSPS) is 11.0. The summed E-state index contributed by atoms with van der Waals surface area (Å²) in [4.78, 5) is 18.0. The van der Waals surface area contributed by atoms with Gasteiger partial charge in [-0.3, -0.25) is 4.79 Å². The maximum atomic E-state index is 13.1. The minimum absolute atomic E-state index is 0.132. The summed E-state index contributed by atoms with van der Waals surface area (Å²) in [5, 5.41) is 5.23. The number of H-pyrrole nitrogens is 1. The number of amides is 1. The van der Waals surface area contributed by atoms with Crippen LogP contribution in [0.15, 0.2) is 65.3 Å². The molecule has 0 saturated carbocycles. The number of rotatable bonds is 4. The van der Waals surface area contributed by atoms with Gasteiger partial charge in [0.05, 0.1) is 12.7 Å². The average molecular weight is 366 g/mol. The van der Waals surface area contributed by atoms with Gasteiger partial charge in [0.25, 0.3) is 5.91 Å². The van der Waals surface area contributed by atoms with Gasteiger partial charge in [-0.2, -0.15) is 0 Å². The Kier molecular flexibility index (Phi) is 4.22. The van der Waals surface area contributed by atoms with Gasteiger partial charge in [-0.05, 0) is 23.8 Å². The molecule has 5 nitrogen and oxygen atoms in total. The molecule has 0 unspecified atom stereocenters. The van der Waals surface area contributed by atoms with E-state index < -0.39 is 0 Å². The van der Waals surface area contributed by atoms with Gasteiger partial charge in [0.15, 0.2) is 5.76 Å². The number of aromatic amines is 1. The third kappa shape index (κ3) is 2.97. The van der Waals surface area contributed by atoms with Crippen molar-refractivity contribution in [1.29, 1.82) is 0 Å². The van der Waals surface area contributed by atoms with Crippen molar-refractivity contribution < 1.29 is 9.32 Å². The van der Waals surface area contributed by atoms with Crippen molar-refractivity contribution in [3.8, 4) is 11.1 Å². The zero-order chi connectivity index (χ0) is 18.1. The molecule has 6 heteroatoms. The Balaban J connectivity index is 1.82. The minimum Gasteiger partial charge on any atom is -0.360 e. The van der Waals surface area contributed by atoms with E-state index in [1.54, 1.807) is 24.2 Å². The zero-order valence-corrected chi connectivity index (χ0v) is 14.8. The fraction of sp³-hybridized carbons (Fsp3) is 0.100. The van der Waals surface area contributed by atoms with Crippen LogP contribution in [0.5, 0.6) is 0 Å². The van der Waals surface area contributed by atoms with Crippen molar-refractivity contribution in [2.75, 3.05) is 7.05 Å². The predicted molar refractivity (Wildman–Crippen MR) is 101 cm³/mol. The second-order valence-corrected chi connectivity index (χ2v) is 6.51. The van der Waals surface area contributed by atoms with E-state index in [1.165, 1.54) is 0 Å². The lowest BCUT2D eigenvalue weighted by Gasteiger charge is -2.15. The van der Waals surface area contributed by atoms with Gasteiger partial charge in [-0.25, -0.2) is 0 Å². The molecule has 4 aromatic rings. The molecule has 4 rings (SSSR count). The summed E-state index contributed by atoms with van der Waals surface area (Å²) < 4.78 is 5.11. The Bertz CT molecular complexity index is 1060. The standard InChI is InChI=1S/C20H16ClN3O2/c1-24(12-15-9-10-22-26-15)20(25)19-18(13-5-3-2-4-6-13)16-11-14(21)7-8-17(16)23-19/h2-11,23H,12H2,1H3. The van der Waals surface area contributed by atoms with Crippen LogP contribution in [-0.2, 0) is 6.54 Å². The third-order valence-electron chi connectivity index (χ3n) is 4.27. The van der Waals surface area contributed by atoms with E-state index in [-0.39, 0.29) is 5.91 Å². The molecule has 0 spiro atoms. The largest absolute Gasteiger partial charge is 0.360 e. The molecule has 130 valence electrons. The summed E-state index contributed by atoms with van der Waals surface area (Å²) >= 11 is 6.20. The maximum Gasteiger partial charge on any atom is 0.271 e. The van der Waals surface area contributed by atoms with Crippen LogP contribution in [0, 0.1) is 0 Å². The first-order valence-electron chi connectivity index (χ1n) is 8.15. The van der Waals surface area contributed by atoms with Crippen molar-refractivity contribution in [3.05, 3.63) is 77.3 Å². The van der Waals surface area contributed by atoms with Crippen molar-refractivity contribution in [1.82, 2.24) is 15.0 Å². The van der Waals surface area contributed by atoms with E-state index >= 15 is 0 Å². The summed E-state index contributed by atoms with van der Waals surface area (Å²) in [5.74, 6) is 0.494. The summed E-state index contributed by atoms with van der Waals surface area (Å²) in [6, 6.07) is 17.1. The number of carbonyl (C=O) groups excluding carboxylic acids is 1. The quantitative estimate of drug-likeness (QED) is 0.567. The highest BCUT2D eigenvalue weighted by Crippen LogP contribution is 2.34. The molecule has 0 radical (unpaired) electrons. The Morgan fingerprint density at radius 1 is 1.19 bits per heavy atom. The molecule has 2 aromatic carbocycles. The molecule has 0 aliphatic carbocycles. The number of nitrogens with zero attached hydrogens (tertiary/aromatic N) is 2. The first-order chi connectivity index (χ1) is 12.6. The number of aromatic nitrogens is 2. The fourth-order valence-corrected chi connectivity index (χ4v) is 3.22. The van der Waals surface area contributed by atoms with Crippen LogP contribution in [0.25, 0.3) is 22.0 Å². The van der Waals surface area contributed by atoms with E-state index in [4.69, 9.17) is 16.1 Å². The van der Waals surface area contributed by atoms with Crippen LogP contribution in [0.3, 0.4) is 0 Å². The molecule has 1 N–H and O–H groups in total. The van der Waals surface area contributed by atoms with Crippen LogP contribution in [-0.4, -0.2) is 28.0 Å². The molecule has 0 atom stereocenters. The zero-order valence-electron chi connectivity index (χ0n) is 14.1. The number of fused-ring (bicyclic) bond motifs is 1. The van der Waals surface area contributed by atoms with Gasteiger partial charge >= 0.3 is 0 Å². The smallest absolute Gasteiger partial charge is 0.271 e. The van der Waals surface area contributed by atoms with Gasteiger partial charge in [-0.15, -0.1) is 0 Å². The first kappa shape index (κ1) is 16.4. The second kappa shape index (κ2) is 6.69. The second-order valence-electron chi connectivity index (χ2n) is 6.07. The predicted octanol–water partition coefficient (Wildman–Crippen LogP) is 4.75. The number of hydrogen-bond donors (Lipinski definition) is 1. The van der Waals surface area contributed by atoms with Crippen LogP contribution in [0.4, 0.5) is 0 Å². The number of benzene rings is 2. The van der Waals surface area contributed by atoms with E-state index in [0.29, 0.717) is 23.0 Å². The molecular formula is C20H16ClN3O2. The lowest BCUT2D eigenvalue weighted by atomic mass is 10.0. The van der Waals surface area contributed by atoms with Crippen molar-refractivity contribution in [2.45, 2.75) is 6.54 Å². The first-order valence-corrected chi connectivity index (χ1v) is 8.53. The van der Waals surface area contributed by atoms with E-state index in [2.05, 4.69) is 10.1 Å². The van der Waals surface area contributed by atoms with Gasteiger partial charge in [0.1, 0.15) is 5.69 Å². The van der Waals surface area contributed by atoms with Gasteiger partial charge in [-0.1, -0.05) is 47.1 Å². The molecule has 0 bridgehead atoms. The SMILES string of the molecule is CN(Cc1ccno1)C(=O)c1[nH]c2ccc(Cl)cc2c1-c1ccccc1. The number of hydrogen-bond acceptors (Lipinski definition) is 3. The molecule has 0 fully saturated rings. The molecule has 26 heavy (non-hydrogen) atoms. The lowest BCUT2D eigenvalue weighted by molar-refractivity contribution is 0.0768. The molecule has 0 saturated heterocycles. The Labute approximate surface area is 155 Å². The highest BCUT2D eigenvalue weighted by Gasteiger charge is 2.22. The lowest BCUT2D eigenvalue weighted by Crippen LogP contribution is -2.26. The molecule has 1 amide bonds. The highest BCUT2D eigenvalue weighted by molar-refractivity contribution is 6.31. The fourth-order valence-electron chi connectivity index (χ4n) is 3.05. The minimum atomic E-state index is -0.132. The summed E-state index contributed by atoms with van der Waals surface area (Å²) in [6.45, 7) is 0.336. The molecule has 0 aliphatic heterocycles. The van der Waals surface area contributed by atoms with Crippen LogP contribution >= 0.6 is 11.6 Å². The van der Waals surface area contributed by atoms with Gasteiger partial charge in [0, 0.05) is 34.6 Å². The number of nitrogens with one attached hydrogen (secondary N) is 1. The van der Waals surface area contributed by atoms with E-state index in [0.717, 1.165) is 22.0 Å². The van der Waals surface area contributed by atoms with Crippen molar-refractivity contribution in [3.63, 3.8) is 0 Å². The topological polar surface area (TPSA) is 62.1 Å². The van der Waals surface area contributed by atoms with Crippen LogP contribution in [0.2, 0.25) is 5.02 Å². The van der Waals surface area contributed by atoms with Gasteiger partial charge in [0.2, 0.25) is 0 Å². The van der Waals surface area contributed by atoms with Crippen LogP contribution < -0.4 is 0 Å². The number of carbonyl (C=O) groups is 1. The van der Waals surface area contributed by atoms with Crippen molar-refractivity contribution >= 4 is 28.4 Å². The van der Waals surface area contributed by atoms with Gasteiger partial charge < -0.3 is 14.4 Å². The maximum absolute atomic E-state index is 13.1.